The molecule has 0 bridgehead atoms. The van der Waals surface area contributed by atoms with E-state index in [1.54, 1.807) is 0 Å². The van der Waals surface area contributed by atoms with Gasteiger partial charge in [0.1, 0.15) is 0 Å². The Morgan fingerprint density at radius 2 is 2.12 bits per heavy atom. The van der Waals surface area contributed by atoms with Crippen LogP contribution >= 0.6 is 31.9 Å². The summed E-state index contributed by atoms with van der Waals surface area (Å²) < 4.78 is 7.83. The Balaban J connectivity index is 2.23. The molecular formula is C12H14Br2O2. The fraction of sp³-hybridized carbons (Fsp3) is 0.500. The number of ether oxygens (including phenoxy) is 1. The van der Waals surface area contributed by atoms with Gasteiger partial charge in [0.2, 0.25) is 0 Å². The lowest BCUT2D eigenvalue weighted by atomic mass is 9.90. The van der Waals surface area contributed by atoms with E-state index in [1.807, 2.05) is 12.1 Å². The highest BCUT2D eigenvalue weighted by molar-refractivity contribution is 9.13. The third-order valence-electron chi connectivity index (χ3n) is 2.95. The van der Waals surface area contributed by atoms with Crippen molar-refractivity contribution < 1.29 is 9.84 Å². The van der Waals surface area contributed by atoms with E-state index in [2.05, 4.69) is 37.9 Å². The molecule has 88 valence electrons. The normalized spacial score (nSPS) is 25.7. The Hall–Kier alpha value is 0.1000. The lowest BCUT2D eigenvalue weighted by Gasteiger charge is -2.31. The molecule has 0 amide bonds. The van der Waals surface area contributed by atoms with Crippen LogP contribution in [0.25, 0.3) is 0 Å². The average Bonchev–Trinajstić information content (AvgIpc) is 2.32. The highest BCUT2D eigenvalue weighted by Gasteiger charge is 2.27. The molecule has 1 N–H and O–H groups in total. The Kier molecular flexibility index (Phi) is 4.41. The van der Waals surface area contributed by atoms with Crippen LogP contribution < -0.4 is 0 Å². The summed E-state index contributed by atoms with van der Waals surface area (Å²) in [5.41, 5.74) is 1.13. The summed E-state index contributed by atoms with van der Waals surface area (Å²) in [6, 6.07) is 6.11. The maximum absolute atomic E-state index is 9.35. The Labute approximate surface area is 112 Å². The van der Waals surface area contributed by atoms with Crippen molar-refractivity contribution in [2.75, 3.05) is 13.2 Å². The molecule has 2 rings (SSSR count). The van der Waals surface area contributed by atoms with Gasteiger partial charge in [-0.15, -0.1) is 0 Å². The molecule has 2 nitrogen and oxygen atoms in total. The van der Waals surface area contributed by atoms with E-state index < -0.39 is 0 Å². The van der Waals surface area contributed by atoms with E-state index >= 15 is 0 Å². The molecule has 1 fully saturated rings. The Bertz CT molecular complexity index is 368. The van der Waals surface area contributed by atoms with Gasteiger partial charge in [0, 0.05) is 28.1 Å². The second-order valence-electron chi connectivity index (χ2n) is 4.05. The average molecular weight is 350 g/mol. The molecule has 1 aromatic carbocycles. The van der Waals surface area contributed by atoms with Crippen LogP contribution in [0.2, 0.25) is 0 Å². The highest BCUT2D eigenvalue weighted by Crippen LogP contribution is 2.35. The fourth-order valence-electron chi connectivity index (χ4n) is 2.09. The van der Waals surface area contributed by atoms with E-state index in [0.29, 0.717) is 0 Å². The number of halogens is 2. The van der Waals surface area contributed by atoms with Crippen LogP contribution in [0.3, 0.4) is 0 Å². The molecule has 0 aromatic heterocycles. The van der Waals surface area contributed by atoms with E-state index in [1.165, 1.54) is 0 Å². The zero-order valence-corrected chi connectivity index (χ0v) is 12.0. The number of hydrogen-bond donors (Lipinski definition) is 1. The lowest BCUT2D eigenvalue weighted by molar-refractivity contribution is -0.0457. The number of aliphatic hydroxyl groups is 1. The molecular weight excluding hydrogens is 336 g/mol. The first-order chi connectivity index (χ1) is 7.72. The largest absolute Gasteiger partial charge is 0.396 e. The van der Waals surface area contributed by atoms with Crippen LogP contribution in [0.15, 0.2) is 27.1 Å². The second kappa shape index (κ2) is 5.63. The first kappa shape index (κ1) is 12.6. The summed E-state index contributed by atoms with van der Waals surface area (Å²) in [4.78, 5) is 0. The predicted molar refractivity (Wildman–Crippen MR) is 70.3 cm³/mol. The SMILES string of the molecule is OCC1CCCOC1c1ccc(Br)c(Br)c1. The molecule has 2 atom stereocenters. The van der Waals surface area contributed by atoms with Gasteiger partial charge in [0.25, 0.3) is 0 Å². The van der Waals surface area contributed by atoms with Gasteiger partial charge in [-0.2, -0.15) is 0 Å². The first-order valence-electron chi connectivity index (χ1n) is 5.40. The minimum Gasteiger partial charge on any atom is -0.396 e. The van der Waals surface area contributed by atoms with Crippen molar-refractivity contribution in [3.63, 3.8) is 0 Å². The smallest absolute Gasteiger partial charge is 0.0875 e. The van der Waals surface area contributed by atoms with E-state index in [0.717, 1.165) is 34.0 Å². The third kappa shape index (κ3) is 2.67. The number of benzene rings is 1. The highest BCUT2D eigenvalue weighted by atomic mass is 79.9. The van der Waals surface area contributed by atoms with Gasteiger partial charge < -0.3 is 9.84 Å². The van der Waals surface area contributed by atoms with Crippen molar-refractivity contribution in [1.29, 1.82) is 0 Å². The molecule has 1 saturated heterocycles. The quantitative estimate of drug-likeness (QED) is 0.882. The summed E-state index contributed by atoms with van der Waals surface area (Å²) in [5, 5.41) is 9.35. The van der Waals surface area contributed by atoms with E-state index in [9.17, 15) is 5.11 Å². The van der Waals surface area contributed by atoms with Gasteiger partial charge in [-0.25, -0.2) is 0 Å². The van der Waals surface area contributed by atoms with Crippen molar-refractivity contribution in [2.24, 2.45) is 5.92 Å². The van der Waals surface area contributed by atoms with Crippen LogP contribution in [0.4, 0.5) is 0 Å². The molecule has 2 unspecified atom stereocenters. The molecule has 16 heavy (non-hydrogen) atoms. The zero-order valence-electron chi connectivity index (χ0n) is 8.83. The van der Waals surface area contributed by atoms with Crippen molar-refractivity contribution in [1.82, 2.24) is 0 Å². The van der Waals surface area contributed by atoms with E-state index in [4.69, 9.17) is 4.74 Å². The van der Waals surface area contributed by atoms with Gasteiger partial charge in [-0.1, -0.05) is 6.07 Å². The van der Waals surface area contributed by atoms with Crippen LogP contribution in [0, 0.1) is 5.92 Å². The molecule has 1 aromatic rings. The maximum Gasteiger partial charge on any atom is 0.0875 e. The Morgan fingerprint density at radius 1 is 1.31 bits per heavy atom. The molecule has 1 aliphatic rings. The van der Waals surface area contributed by atoms with Crippen molar-refractivity contribution in [2.45, 2.75) is 18.9 Å². The summed E-state index contributed by atoms with van der Waals surface area (Å²) in [6.45, 7) is 0.979. The topological polar surface area (TPSA) is 29.5 Å². The number of rotatable bonds is 2. The molecule has 1 heterocycles. The summed E-state index contributed by atoms with van der Waals surface area (Å²) in [6.07, 6.45) is 2.11. The van der Waals surface area contributed by atoms with Gasteiger partial charge in [-0.05, 0) is 62.4 Å². The standard InChI is InChI=1S/C12H14Br2O2/c13-10-4-3-8(6-11(10)14)12-9(7-15)2-1-5-16-12/h3-4,6,9,12,15H,1-2,5,7H2. The minimum absolute atomic E-state index is 0.0307. The Morgan fingerprint density at radius 3 is 2.81 bits per heavy atom. The maximum atomic E-state index is 9.35. The molecule has 0 saturated carbocycles. The molecule has 0 radical (unpaired) electrons. The van der Waals surface area contributed by atoms with Gasteiger partial charge in [-0.3, -0.25) is 0 Å². The van der Waals surface area contributed by atoms with Gasteiger partial charge in [0.05, 0.1) is 6.10 Å². The van der Waals surface area contributed by atoms with Gasteiger partial charge in [0.15, 0.2) is 0 Å². The number of hydrogen-bond acceptors (Lipinski definition) is 2. The monoisotopic (exact) mass is 348 g/mol. The predicted octanol–water partition coefficient (Wildman–Crippen LogP) is 3.67. The zero-order chi connectivity index (χ0) is 11.5. The number of aliphatic hydroxyl groups excluding tert-OH is 1. The molecule has 0 aliphatic carbocycles. The fourth-order valence-corrected chi connectivity index (χ4v) is 2.73. The minimum atomic E-state index is 0.0307. The molecule has 4 heteroatoms. The van der Waals surface area contributed by atoms with Crippen LogP contribution in [0.1, 0.15) is 24.5 Å². The summed E-state index contributed by atoms with van der Waals surface area (Å²) >= 11 is 6.94. The second-order valence-corrected chi connectivity index (χ2v) is 5.76. The van der Waals surface area contributed by atoms with Crippen LogP contribution in [0.5, 0.6) is 0 Å². The van der Waals surface area contributed by atoms with Crippen molar-refractivity contribution in [3.05, 3.63) is 32.7 Å². The van der Waals surface area contributed by atoms with Crippen molar-refractivity contribution >= 4 is 31.9 Å². The van der Waals surface area contributed by atoms with Gasteiger partial charge >= 0.3 is 0 Å². The lowest BCUT2D eigenvalue weighted by Crippen LogP contribution is -2.25. The van der Waals surface area contributed by atoms with Crippen molar-refractivity contribution in [3.8, 4) is 0 Å². The van der Waals surface area contributed by atoms with Crippen LogP contribution in [-0.4, -0.2) is 18.3 Å². The van der Waals surface area contributed by atoms with E-state index in [-0.39, 0.29) is 18.6 Å². The first-order valence-corrected chi connectivity index (χ1v) is 6.98. The molecule has 1 aliphatic heterocycles. The molecule has 0 spiro atoms. The summed E-state index contributed by atoms with van der Waals surface area (Å²) in [7, 11) is 0. The van der Waals surface area contributed by atoms with Crippen LogP contribution in [-0.2, 0) is 4.74 Å². The summed E-state index contributed by atoms with van der Waals surface area (Å²) in [5.74, 6) is 0.224. The third-order valence-corrected chi connectivity index (χ3v) is 4.83.